The molecule has 0 radical (unpaired) electrons. The predicted octanol–water partition coefficient (Wildman–Crippen LogP) is -0.493. The molecular formula is C15H33NO5. The standard InChI is InChI=1S/C13H30NO3.C2H4O2/c1-14(10-13-17,8-4-2-6-11-15)9-5-3-7-12-16;1-2(3)4/h15-17H,2-13H2,1H3;1H3,(H,3,4)/q+1;/p-1. The number of aliphatic carboxylic acids is 1. The van der Waals surface area contributed by atoms with Crippen molar-refractivity contribution < 1.29 is 29.7 Å². The molecule has 0 aromatic carbocycles. The van der Waals surface area contributed by atoms with Crippen LogP contribution in [0.15, 0.2) is 0 Å². The van der Waals surface area contributed by atoms with Crippen LogP contribution in [0.25, 0.3) is 0 Å². The highest BCUT2D eigenvalue weighted by Gasteiger charge is 2.19. The highest BCUT2D eigenvalue weighted by molar-refractivity contribution is 5.60. The molecule has 0 saturated carbocycles. The molecule has 6 heteroatoms. The van der Waals surface area contributed by atoms with Crippen molar-refractivity contribution in [3.8, 4) is 0 Å². The normalized spacial score (nSPS) is 10.9. The number of hydrogen-bond donors (Lipinski definition) is 3. The molecule has 128 valence electrons. The fraction of sp³-hybridized carbons (Fsp3) is 0.933. The Morgan fingerprint density at radius 3 is 1.48 bits per heavy atom. The van der Waals surface area contributed by atoms with Gasteiger partial charge in [0.15, 0.2) is 0 Å². The first-order valence-electron chi connectivity index (χ1n) is 7.75. The third kappa shape index (κ3) is 19.3. The summed E-state index contributed by atoms with van der Waals surface area (Å²) in [5.74, 6) is -1.08. The molecule has 21 heavy (non-hydrogen) atoms. The number of rotatable bonds is 12. The largest absolute Gasteiger partial charge is 0.550 e. The SMILES string of the molecule is CC(=O)[O-].C[N+](CCO)(CCCCCO)CCCCCO. The minimum Gasteiger partial charge on any atom is -0.550 e. The summed E-state index contributed by atoms with van der Waals surface area (Å²) in [6, 6.07) is 0. The number of carboxylic acid groups (broad SMARTS) is 1. The van der Waals surface area contributed by atoms with E-state index in [1.165, 1.54) is 0 Å². The minimum absolute atomic E-state index is 0.233. The summed E-state index contributed by atoms with van der Waals surface area (Å²) in [5, 5.41) is 35.5. The number of aliphatic hydroxyl groups excluding tert-OH is 3. The summed E-state index contributed by atoms with van der Waals surface area (Å²) in [7, 11) is 2.19. The molecule has 0 aromatic rings. The number of carboxylic acids is 1. The van der Waals surface area contributed by atoms with Gasteiger partial charge in [-0.05, 0) is 45.4 Å². The van der Waals surface area contributed by atoms with E-state index in [1.807, 2.05) is 0 Å². The Morgan fingerprint density at radius 1 is 0.810 bits per heavy atom. The van der Waals surface area contributed by atoms with Crippen molar-refractivity contribution in [3.63, 3.8) is 0 Å². The van der Waals surface area contributed by atoms with Crippen LogP contribution in [0.4, 0.5) is 0 Å². The van der Waals surface area contributed by atoms with E-state index in [9.17, 15) is 0 Å². The summed E-state index contributed by atoms with van der Waals surface area (Å²) in [6.07, 6.45) is 6.10. The Morgan fingerprint density at radius 2 is 1.19 bits per heavy atom. The first kappa shape index (κ1) is 22.6. The van der Waals surface area contributed by atoms with Gasteiger partial charge in [0.25, 0.3) is 0 Å². The molecular weight excluding hydrogens is 274 g/mol. The van der Waals surface area contributed by atoms with E-state index in [-0.39, 0.29) is 19.8 Å². The second kappa shape index (κ2) is 15.7. The molecule has 6 nitrogen and oxygen atoms in total. The van der Waals surface area contributed by atoms with E-state index in [1.54, 1.807) is 0 Å². The smallest absolute Gasteiger partial charge is 0.102 e. The van der Waals surface area contributed by atoms with E-state index in [0.29, 0.717) is 0 Å². The lowest BCUT2D eigenvalue weighted by molar-refractivity contribution is -0.910. The molecule has 0 rings (SSSR count). The number of aliphatic hydroxyl groups is 3. The van der Waals surface area contributed by atoms with Crippen LogP contribution in [-0.4, -0.2) is 72.3 Å². The van der Waals surface area contributed by atoms with Crippen molar-refractivity contribution in [1.29, 1.82) is 0 Å². The number of carbonyl (C=O) groups excluding carboxylic acids is 1. The Bertz CT molecular complexity index is 220. The summed E-state index contributed by atoms with van der Waals surface area (Å²) >= 11 is 0. The number of quaternary nitrogens is 1. The van der Waals surface area contributed by atoms with Gasteiger partial charge in [-0.1, -0.05) is 0 Å². The third-order valence-electron chi connectivity index (χ3n) is 3.35. The second-order valence-corrected chi connectivity index (χ2v) is 5.57. The zero-order valence-electron chi connectivity index (χ0n) is 13.6. The first-order valence-corrected chi connectivity index (χ1v) is 7.75. The van der Waals surface area contributed by atoms with Crippen LogP contribution in [0.2, 0.25) is 0 Å². The van der Waals surface area contributed by atoms with Crippen molar-refractivity contribution in [2.75, 3.05) is 46.5 Å². The maximum atomic E-state index is 9.11. The van der Waals surface area contributed by atoms with Gasteiger partial charge < -0.3 is 29.7 Å². The lowest BCUT2D eigenvalue weighted by Gasteiger charge is -2.34. The van der Waals surface area contributed by atoms with Crippen LogP contribution >= 0.6 is 0 Å². The van der Waals surface area contributed by atoms with Gasteiger partial charge in [0.2, 0.25) is 0 Å². The van der Waals surface area contributed by atoms with E-state index in [0.717, 1.165) is 69.6 Å². The Hall–Kier alpha value is -0.690. The molecule has 0 fully saturated rings. The number of hydrogen-bond acceptors (Lipinski definition) is 5. The molecule has 0 bridgehead atoms. The summed E-state index contributed by atoms with van der Waals surface area (Å²) in [4.78, 5) is 8.89. The van der Waals surface area contributed by atoms with Crippen molar-refractivity contribution in [1.82, 2.24) is 0 Å². The zero-order chi connectivity index (χ0) is 16.6. The van der Waals surface area contributed by atoms with Crippen LogP contribution in [0, 0.1) is 0 Å². The fourth-order valence-corrected chi connectivity index (χ4v) is 2.14. The molecule has 0 aliphatic carbocycles. The fourth-order valence-electron chi connectivity index (χ4n) is 2.14. The summed E-state index contributed by atoms with van der Waals surface area (Å²) < 4.78 is 0.910. The van der Waals surface area contributed by atoms with Crippen LogP contribution in [0.1, 0.15) is 45.4 Å². The number of carbonyl (C=O) groups is 1. The average molecular weight is 307 g/mol. The van der Waals surface area contributed by atoms with Gasteiger partial charge in [-0.2, -0.15) is 0 Å². The molecule has 0 amide bonds. The maximum absolute atomic E-state index is 9.11. The van der Waals surface area contributed by atoms with Gasteiger partial charge in [-0.25, -0.2) is 0 Å². The molecule has 0 spiro atoms. The van der Waals surface area contributed by atoms with Crippen molar-refractivity contribution >= 4 is 5.97 Å². The summed E-state index contributed by atoms with van der Waals surface area (Å²) in [6.45, 7) is 4.70. The van der Waals surface area contributed by atoms with E-state index in [4.69, 9.17) is 25.2 Å². The van der Waals surface area contributed by atoms with E-state index < -0.39 is 5.97 Å². The monoisotopic (exact) mass is 307 g/mol. The van der Waals surface area contributed by atoms with Gasteiger partial charge in [0.05, 0.1) is 26.7 Å². The second-order valence-electron chi connectivity index (χ2n) is 5.57. The maximum Gasteiger partial charge on any atom is 0.102 e. The van der Waals surface area contributed by atoms with Gasteiger partial charge in [-0.15, -0.1) is 0 Å². The highest BCUT2D eigenvalue weighted by atomic mass is 16.4. The van der Waals surface area contributed by atoms with E-state index >= 15 is 0 Å². The number of likely N-dealkylation sites (N-methyl/N-ethyl adjacent to an activating group) is 1. The van der Waals surface area contributed by atoms with Crippen LogP contribution in [-0.2, 0) is 4.79 Å². The molecule has 0 unspecified atom stereocenters. The quantitative estimate of drug-likeness (QED) is 0.333. The Kier molecular flexibility index (Phi) is 16.9. The van der Waals surface area contributed by atoms with Crippen LogP contribution < -0.4 is 5.11 Å². The zero-order valence-corrected chi connectivity index (χ0v) is 13.6. The Labute approximate surface area is 128 Å². The topological polar surface area (TPSA) is 101 Å². The lowest BCUT2D eigenvalue weighted by Crippen LogP contribution is -2.47. The minimum atomic E-state index is -1.08. The molecule has 0 aliphatic rings. The third-order valence-corrected chi connectivity index (χ3v) is 3.35. The highest BCUT2D eigenvalue weighted by Crippen LogP contribution is 2.10. The van der Waals surface area contributed by atoms with Gasteiger partial charge in [0.1, 0.15) is 6.54 Å². The van der Waals surface area contributed by atoms with Gasteiger partial charge in [0, 0.05) is 19.2 Å². The van der Waals surface area contributed by atoms with Crippen molar-refractivity contribution in [3.05, 3.63) is 0 Å². The number of unbranched alkanes of at least 4 members (excludes halogenated alkanes) is 4. The molecule has 0 heterocycles. The Balaban J connectivity index is 0. The van der Waals surface area contributed by atoms with E-state index in [2.05, 4.69) is 7.05 Å². The molecule has 0 atom stereocenters. The number of nitrogens with zero attached hydrogens (tertiary/aromatic N) is 1. The molecule has 0 aromatic heterocycles. The lowest BCUT2D eigenvalue weighted by atomic mass is 10.2. The van der Waals surface area contributed by atoms with Gasteiger partial charge >= 0.3 is 0 Å². The van der Waals surface area contributed by atoms with Crippen LogP contribution in [0.3, 0.4) is 0 Å². The van der Waals surface area contributed by atoms with Crippen molar-refractivity contribution in [2.45, 2.75) is 45.4 Å². The summed E-state index contributed by atoms with van der Waals surface area (Å²) in [5.41, 5.74) is 0. The molecule has 0 aliphatic heterocycles. The predicted molar refractivity (Wildman–Crippen MR) is 80.4 cm³/mol. The average Bonchev–Trinajstić information content (AvgIpc) is 2.40. The first-order chi connectivity index (χ1) is 9.91. The molecule has 3 N–H and O–H groups in total. The van der Waals surface area contributed by atoms with Crippen LogP contribution in [0.5, 0.6) is 0 Å². The molecule has 0 saturated heterocycles. The van der Waals surface area contributed by atoms with Gasteiger partial charge in [-0.3, -0.25) is 0 Å². The van der Waals surface area contributed by atoms with Crippen molar-refractivity contribution in [2.24, 2.45) is 0 Å².